The van der Waals surface area contributed by atoms with Crippen molar-refractivity contribution in [1.82, 2.24) is 19.9 Å². The second-order valence-electron chi connectivity index (χ2n) is 8.52. The van der Waals surface area contributed by atoms with Crippen LogP contribution in [0.5, 0.6) is 0 Å². The average Bonchev–Trinajstić information content (AvgIpc) is 3.34. The van der Waals surface area contributed by atoms with Crippen LogP contribution in [0.4, 0.5) is 17.2 Å². The van der Waals surface area contributed by atoms with Crippen molar-refractivity contribution in [1.29, 1.82) is 0 Å². The summed E-state index contributed by atoms with van der Waals surface area (Å²) in [6, 6.07) is 17.8. The number of methoxy groups -OCH3 is 1. The van der Waals surface area contributed by atoms with Crippen LogP contribution in [-0.4, -0.2) is 66.2 Å². The molecule has 8 nitrogen and oxygen atoms in total. The number of nitrogens with zero attached hydrogens (tertiary/aromatic N) is 4. The Kier molecular flexibility index (Phi) is 6.14. The van der Waals surface area contributed by atoms with Crippen molar-refractivity contribution in [2.75, 3.05) is 50.6 Å². The number of esters is 1. The molecule has 1 aliphatic heterocycles. The number of para-hydroxylation sites is 1. The molecule has 1 aliphatic rings. The number of fused-ring (bicyclic) bond motifs is 1. The van der Waals surface area contributed by atoms with Gasteiger partial charge < -0.3 is 24.8 Å². The van der Waals surface area contributed by atoms with Crippen LogP contribution in [-0.2, 0) is 11.2 Å². The Morgan fingerprint density at radius 3 is 2.56 bits per heavy atom. The fourth-order valence-electron chi connectivity index (χ4n) is 4.24. The van der Waals surface area contributed by atoms with Gasteiger partial charge in [0.2, 0.25) is 0 Å². The Morgan fingerprint density at radius 2 is 1.79 bits per heavy atom. The number of aromatic nitrogens is 3. The van der Waals surface area contributed by atoms with Gasteiger partial charge in [0.15, 0.2) is 5.82 Å². The van der Waals surface area contributed by atoms with E-state index >= 15 is 0 Å². The Hall–Kier alpha value is -3.91. The van der Waals surface area contributed by atoms with Crippen molar-refractivity contribution in [3.05, 3.63) is 77.7 Å². The summed E-state index contributed by atoms with van der Waals surface area (Å²) in [5, 5.41) is 3.30. The summed E-state index contributed by atoms with van der Waals surface area (Å²) in [6.45, 7) is 4.26. The highest BCUT2D eigenvalue weighted by atomic mass is 16.5. The van der Waals surface area contributed by atoms with E-state index in [2.05, 4.69) is 51.4 Å². The van der Waals surface area contributed by atoms with Crippen LogP contribution in [0.1, 0.15) is 21.7 Å². The Labute approximate surface area is 198 Å². The Bertz CT molecular complexity index is 1290. The summed E-state index contributed by atoms with van der Waals surface area (Å²) in [5.74, 6) is 0.924. The molecule has 0 amide bonds. The topological polar surface area (TPSA) is 86.4 Å². The van der Waals surface area contributed by atoms with Crippen molar-refractivity contribution in [2.45, 2.75) is 6.42 Å². The molecule has 8 heteroatoms. The van der Waals surface area contributed by atoms with Crippen LogP contribution >= 0.6 is 0 Å². The lowest BCUT2D eigenvalue weighted by atomic mass is 10.1. The molecule has 0 radical (unpaired) electrons. The van der Waals surface area contributed by atoms with Gasteiger partial charge in [-0.1, -0.05) is 24.3 Å². The van der Waals surface area contributed by atoms with Gasteiger partial charge in [0.05, 0.1) is 23.9 Å². The van der Waals surface area contributed by atoms with E-state index in [0.29, 0.717) is 29.3 Å². The third-order valence-corrected chi connectivity index (χ3v) is 6.20. The maximum atomic E-state index is 12.2. The van der Waals surface area contributed by atoms with Gasteiger partial charge in [-0.2, -0.15) is 0 Å². The number of hydrogen-bond acceptors (Lipinski definition) is 7. The highest BCUT2D eigenvalue weighted by molar-refractivity contribution is 5.98. The molecule has 0 spiro atoms. The van der Waals surface area contributed by atoms with Gasteiger partial charge in [0.25, 0.3) is 0 Å². The minimum absolute atomic E-state index is 0.402. The third kappa shape index (κ3) is 4.58. The molecule has 3 heterocycles. The van der Waals surface area contributed by atoms with Crippen LogP contribution in [0.3, 0.4) is 0 Å². The minimum atomic E-state index is -0.402. The summed E-state index contributed by atoms with van der Waals surface area (Å²) in [5.41, 5.74) is 5.08. The second kappa shape index (κ2) is 9.52. The molecule has 2 aromatic heterocycles. The number of ether oxygens (including phenoxy) is 1. The van der Waals surface area contributed by atoms with Gasteiger partial charge in [0, 0.05) is 44.5 Å². The van der Waals surface area contributed by atoms with Gasteiger partial charge in [-0.15, -0.1) is 0 Å². The number of carbonyl (C=O) groups excluding carboxylic acids is 1. The third-order valence-electron chi connectivity index (χ3n) is 6.20. The Balaban J connectivity index is 1.39. The second-order valence-corrected chi connectivity index (χ2v) is 8.52. The fourth-order valence-corrected chi connectivity index (χ4v) is 4.24. The highest BCUT2D eigenvalue weighted by Crippen LogP contribution is 2.26. The van der Waals surface area contributed by atoms with Gasteiger partial charge >= 0.3 is 5.97 Å². The van der Waals surface area contributed by atoms with Crippen molar-refractivity contribution in [2.24, 2.45) is 0 Å². The summed E-state index contributed by atoms with van der Waals surface area (Å²) < 4.78 is 4.92. The molecule has 1 saturated heterocycles. The Morgan fingerprint density at radius 1 is 1.03 bits per heavy atom. The summed E-state index contributed by atoms with van der Waals surface area (Å²) in [4.78, 5) is 29.7. The smallest absolute Gasteiger partial charge is 0.339 e. The van der Waals surface area contributed by atoms with Crippen LogP contribution < -0.4 is 10.2 Å². The van der Waals surface area contributed by atoms with Crippen LogP contribution in [0.25, 0.3) is 11.0 Å². The number of H-pyrrole nitrogens is 1. The predicted molar refractivity (Wildman–Crippen MR) is 134 cm³/mol. The van der Waals surface area contributed by atoms with Gasteiger partial charge in [0.1, 0.15) is 11.3 Å². The van der Waals surface area contributed by atoms with Gasteiger partial charge in [-0.3, -0.25) is 0 Å². The molecule has 0 atom stereocenters. The molecule has 0 bridgehead atoms. The molecule has 5 rings (SSSR count). The summed E-state index contributed by atoms with van der Waals surface area (Å²) in [7, 11) is 3.54. The molecule has 0 saturated carbocycles. The molecule has 34 heavy (non-hydrogen) atoms. The molecule has 174 valence electrons. The zero-order chi connectivity index (χ0) is 23.5. The first-order valence-electron chi connectivity index (χ1n) is 11.4. The molecular weight excluding hydrogens is 428 g/mol. The van der Waals surface area contributed by atoms with E-state index in [1.54, 1.807) is 12.1 Å². The largest absolute Gasteiger partial charge is 0.465 e. The SMILES string of the molecule is COC(=O)c1ccccc1Nc1nc(Cc2ccc(N3CCN(C)CC3)cc2)nc2cc[nH]c12. The van der Waals surface area contributed by atoms with Gasteiger partial charge in [-0.05, 0) is 42.9 Å². The van der Waals surface area contributed by atoms with E-state index in [0.717, 1.165) is 42.8 Å². The maximum absolute atomic E-state index is 12.2. The van der Waals surface area contributed by atoms with Crippen molar-refractivity contribution < 1.29 is 9.53 Å². The van der Waals surface area contributed by atoms with E-state index < -0.39 is 5.97 Å². The number of carbonyl (C=O) groups is 1. The number of hydrogen-bond donors (Lipinski definition) is 2. The zero-order valence-electron chi connectivity index (χ0n) is 19.4. The molecule has 4 aromatic rings. The lowest BCUT2D eigenvalue weighted by molar-refractivity contribution is 0.0602. The number of rotatable bonds is 6. The monoisotopic (exact) mass is 456 g/mol. The molecule has 2 aromatic carbocycles. The lowest BCUT2D eigenvalue weighted by Gasteiger charge is -2.34. The molecular formula is C26H28N6O2. The lowest BCUT2D eigenvalue weighted by Crippen LogP contribution is -2.44. The van der Waals surface area contributed by atoms with Crippen molar-refractivity contribution in [3.63, 3.8) is 0 Å². The number of aromatic amines is 1. The number of piperazine rings is 1. The quantitative estimate of drug-likeness (QED) is 0.427. The summed E-state index contributed by atoms with van der Waals surface area (Å²) >= 11 is 0. The number of likely N-dealkylation sites (N-methyl/N-ethyl adjacent to an activating group) is 1. The average molecular weight is 457 g/mol. The summed E-state index contributed by atoms with van der Waals surface area (Å²) in [6.07, 6.45) is 2.45. The first-order valence-corrected chi connectivity index (χ1v) is 11.4. The maximum Gasteiger partial charge on any atom is 0.339 e. The highest BCUT2D eigenvalue weighted by Gasteiger charge is 2.16. The van der Waals surface area contributed by atoms with E-state index in [4.69, 9.17) is 14.7 Å². The van der Waals surface area contributed by atoms with E-state index in [-0.39, 0.29) is 0 Å². The van der Waals surface area contributed by atoms with E-state index in [1.165, 1.54) is 12.8 Å². The van der Waals surface area contributed by atoms with Crippen molar-refractivity contribution >= 4 is 34.2 Å². The van der Waals surface area contributed by atoms with E-state index in [1.807, 2.05) is 24.4 Å². The van der Waals surface area contributed by atoms with Crippen LogP contribution in [0.15, 0.2) is 60.8 Å². The van der Waals surface area contributed by atoms with Crippen LogP contribution in [0, 0.1) is 0 Å². The number of anilines is 3. The number of nitrogens with one attached hydrogen (secondary N) is 2. The molecule has 1 fully saturated rings. The zero-order valence-corrected chi connectivity index (χ0v) is 19.4. The molecule has 2 N–H and O–H groups in total. The normalized spacial score (nSPS) is 14.4. The first kappa shape index (κ1) is 21.9. The number of benzene rings is 2. The molecule has 0 aliphatic carbocycles. The molecule has 0 unspecified atom stereocenters. The minimum Gasteiger partial charge on any atom is -0.465 e. The van der Waals surface area contributed by atoms with E-state index in [9.17, 15) is 4.79 Å². The van der Waals surface area contributed by atoms with Crippen molar-refractivity contribution in [3.8, 4) is 0 Å². The first-order chi connectivity index (χ1) is 16.6. The predicted octanol–water partition coefficient (Wildman–Crippen LogP) is 3.83. The fraction of sp³-hybridized carbons (Fsp3) is 0.269. The standard InChI is InChI=1S/C26H28N6O2/c1-31-13-15-32(16-14-31)19-9-7-18(8-10-19)17-23-28-22-11-12-27-24(22)25(30-23)29-21-6-4-3-5-20(21)26(33)34-2/h3-12,27H,13-17H2,1-2H3,(H,28,29,30). The van der Waals surface area contributed by atoms with Gasteiger partial charge in [-0.25, -0.2) is 14.8 Å². The van der Waals surface area contributed by atoms with Crippen LogP contribution in [0.2, 0.25) is 0 Å².